The fourth-order valence-corrected chi connectivity index (χ4v) is 4.88. The Morgan fingerprint density at radius 2 is 1.90 bits per heavy atom. The number of allylic oxidation sites excluding steroid dienone is 4. The molecule has 1 aromatic heterocycles. The number of aromatic amines is 1. The number of aromatic hydroxyl groups is 1. The van der Waals surface area contributed by atoms with Crippen LogP contribution < -0.4 is 25.5 Å². The first kappa shape index (κ1) is 27.2. The Morgan fingerprint density at radius 3 is 2.62 bits per heavy atom. The van der Waals surface area contributed by atoms with Crippen LogP contribution in [0.4, 0.5) is 10.5 Å². The molecule has 1 aliphatic heterocycles. The third-order valence-corrected chi connectivity index (χ3v) is 7.11. The fraction of sp³-hybridized carbons (Fsp3) is 0.379. The molecule has 0 saturated carbocycles. The molecule has 3 aliphatic rings. The Morgan fingerprint density at radius 1 is 1.10 bits per heavy atom. The summed E-state index contributed by atoms with van der Waals surface area (Å²) < 4.78 is 11.9. The molecular weight excluding hydrogens is 514 g/mol. The van der Waals surface area contributed by atoms with Gasteiger partial charge in [-0.25, -0.2) is 9.59 Å². The minimum absolute atomic E-state index is 0.0365. The largest absolute Gasteiger partial charge is 0.497 e. The Bertz CT molecular complexity index is 1350. The van der Waals surface area contributed by atoms with Crippen LogP contribution in [0, 0.1) is 5.92 Å². The zero-order valence-corrected chi connectivity index (χ0v) is 22.5. The molecule has 0 radical (unpaired) electrons. The number of rotatable bonds is 9. The van der Waals surface area contributed by atoms with Gasteiger partial charge in [0.05, 0.1) is 12.8 Å². The van der Waals surface area contributed by atoms with Crippen molar-refractivity contribution in [2.24, 2.45) is 5.92 Å². The molecule has 40 heavy (non-hydrogen) atoms. The molecule has 1 fully saturated rings. The first-order valence-electron chi connectivity index (χ1n) is 13.5. The number of amides is 1. The number of ether oxygens (including phenoxy) is 2. The number of carbonyl (C=O) groups excluding carboxylic acids is 1. The van der Waals surface area contributed by atoms with Gasteiger partial charge in [-0.2, -0.15) is 0 Å². The van der Waals surface area contributed by atoms with Gasteiger partial charge in [0.1, 0.15) is 17.6 Å². The van der Waals surface area contributed by atoms with Crippen molar-refractivity contribution >= 4 is 11.8 Å². The predicted octanol–water partition coefficient (Wildman–Crippen LogP) is 2.71. The summed E-state index contributed by atoms with van der Waals surface area (Å²) in [6, 6.07) is 7.74. The van der Waals surface area contributed by atoms with E-state index in [-0.39, 0.29) is 24.3 Å². The second-order valence-corrected chi connectivity index (χ2v) is 9.86. The maximum Gasteiger partial charge on any atom is 0.434 e. The van der Waals surface area contributed by atoms with Gasteiger partial charge in [0.15, 0.2) is 0 Å². The number of nitrogens with zero attached hydrogens (tertiary/aromatic N) is 3. The maximum absolute atomic E-state index is 12.7. The van der Waals surface area contributed by atoms with Gasteiger partial charge in [0.2, 0.25) is 0 Å². The van der Waals surface area contributed by atoms with Gasteiger partial charge < -0.3 is 39.5 Å². The maximum atomic E-state index is 12.7. The van der Waals surface area contributed by atoms with Gasteiger partial charge in [-0.3, -0.25) is 0 Å². The number of hydrogen-bond donors (Lipinski definition) is 3. The molecule has 212 valence electrons. The van der Waals surface area contributed by atoms with Crippen molar-refractivity contribution in [3.05, 3.63) is 88.7 Å². The standard InChI is InChI=1S/C29H35N5O6/c1-38-23-12-10-22(11-13-23)32-14-16-33(17-15-32)29(37)40-34-27(35)26(31-28(34)36)20-30-19-21-6-5-9-25(18-21)39-24-7-3-2-4-8-24/h2-5,7,9-13,18,21,24,30,35H,6,8,14-17,19-20H2,1H3,(H,31,36). The van der Waals surface area contributed by atoms with Crippen molar-refractivity contribution in [2.75, 3.05) is 44.7 Å². The number of aromatic nitrogens is 2. The zero-order valence-electron chi connectivity index (χ0n) is 22.5. The van der Waals surface area contributed by atoms with Crippen molar-refractivity contribution in [1.82, 2.24) is 19.9 Å². The summed E-state index contributed by atoms with van der Waals surface area (Å²) in [6.07, 6.45) is 15.3. The van der Waals surface area contributed by atoms with Crippen LogP contribution in [0.3, 0.4) is 0 Å². The lowest BCUT2D eigenvalue weighted by Crippen LogP contribution is -2.51. The summed E-state index contributed by atoms with van der Waals surface area (Å²) in [5, 5.41) is 13.8. The highest BCUT2D eigenvalue weighted by Crippen LogP contribution is 2.22. The lowest BCUT2D eigenvalue weighted by atomic mass is 9.99. The van der Waals surface area contributed by atoms with E-state index in [0.29, 0.717) is 37.5 Å². The molecule has 0 bridgehead atoms. The minimum Gasteiger partial charge on any atom is -0.497 e. The van der Waals surface area contributed by atoms with E-state index in [1.54, 1.807) is 7.11 Å². The third kappa shape index (κ3) is 6.60. The van der Waals surface area contributed by atoms with Crippen LogP contribution in [0.1, 0.15) is 18.5 Å². The zero-order chi connectivity index (χ0) is 27.9. The number of carbonyl (C=O) groups is 1. The number of anilines is 1. The van der Waals surface area contributed by atoms with Crippen LogP contribution in [0.5, 0.6) is 11.6 Å². The summed E-state index contributed by atoms with van der Waals surface area (Å²) in [6.45, 7) is 2.87. The molecule has 2 atom stereocenters. The van der Waals surface area contributed by atoms with E-state index in [0.717, 1.165) is 30.0 Å². The van der Waals surface area contributed by atoms with Gasteiger partial charge in [-0.1, -0.05) is 29.0 Å². The van der Waals surface area contributed by atoms with Crippen LogP contribution >= 0.6 is 0 Å². The first-order chi connectivity index (χ1) is 19.5. The predicted molar refractivity (Wildman–Crippen MR) is 150 cm³/mol. The number of hydrogen-bond acceptors (Lipinski definition) is 8. The van der Waals surface area contributed by atoms with E-state index < -0.39 is 17.7 Å². The molecule has 3 N–H and O–H groups in total. The summed E-state index contributed by atoms with van der Waals surface area (Å²) >= 11 is 0. The highest BCUT2D eigenvalue weighted by molar-refractivity contribution is 5.68. The lowest BCUT2D eigenvalue weighted by molar-refractivity contribution is 0.0779. The van der Waals surface area contributed by atoms with Crippen molar-refractivity contribution in [3.8, 4) is 11.6 Å². The molecule has 2 unspecified atom stereocenters. The lowest BCUT2D eigenvalue weighted by Gasteiger charge is -2.35. The Kier molecular flexibility index (Phi) is 8.60. The van der Waals surface area contributed by atoms with E-state index >= 15 is 0 Å². The quantitative estimate of drug-likeness (QED) is 0.437. The van der Waals surface area contributed by atoms with E-state index in [1.165, 1.54) is 4.90 Å². The van der Waals surface area contributed by atoms with Gasteiger partial charge in [-0.05, 0) is 54.8 Å². The van der Waals surface area contributed by atoms with Crippen LogP contribution in [0.2, 0.25) is 0 Å². The molecule has 1 amide bonds. The normalized spacial score (nSPS) is 20.4. The number of H-pyrrole nitrogens is 1. The van der Waals surface area contributed by atoms with Crippen LogP contribution in [0.15, 0.2) is 77.4 Å². The van der Waals surface area contributed by atoms with E-state index in [1.807, 2.05) is 48.6 Å². The number of nitrogens with one attached hydrogen (secondary N) is 2. The van der Waals surface area contributed by atoms with Gasteiger partial charge in [0.25, 0.3) is 5.88 Å². The monoisotopic (exact) mass is 549 g/mol. The van der Waals surface area contributed by atoms with Crippen molar-refractivity contribution in [3.63, 3.8) is 0 Å². The average Bonchev–Trinajstić information content (AvgIpc) is 3.25. The van der Waals surface area contributed by atoms with Crippen LogP contribution in [0.25, 0.3) is 0 Å². The van der Waals surface area contributed by atoms with E-state index in [4.69, 9.17) is 14.3 Å². The Hall–Kier alpha value is -4.38. The SMILES string of the molecule is COc1ccc(N2CCN(C(=O)On3c(O)c(CNCC4C=C(OC5C=CC=CC5)C=CC4)[nH]c3=O)CC2)cc1. The van der Waals surface area contributed by atoms with Crippen LogP contribution in [-0.4, -0.2) is 71.8 Å². The van der Waals surface area contributed by atoms with Crippen molar-refractivity contribution in [1.29, 1.82) is 0 Å². The highest BCUT2D eigenvalue weighted by atomic mass is 16.7. The smallest absolute Gasteiger partial charge is 0.434 e. The number of piperazine rings is 1. The van der Waals surface area contributed by atoms with Crippen molar-refractivity contribution < 1.29 is 24.2 Å². The summed E-state index contributed by atoms with van der Waals surface area (Å²) in [5.41, 5.74) is 0.561. The Labute approximate surface area is 232 Å². The molecule has 1 aromatic carbocycles. The number of methoxy groups -OCH3 is 1. The first-order valence-corrected chi connectivity index (χ1v) is 13.5. The second-order valence-electron chi connectivity index (χ2n) is 9.86. The second kappa shape index (κ2) is 12.6. The number of benzene rings is 1. The molecule has 2 aromatic rings. The van der Waals surface area contributed by atoms with Crippen LogP contribution in [-0.2, 0) is 11.3 Å². The van der Waals surface area contributed by atoms with Gasteiger partial charge in [-0.15, -0.1) is 0 Å². The molecule has 11 nitrogen and oxygen atoms in total. The Balaban J connectivity index is 1.09. The summed E-state index contributed by atoms with van der Waals surface area (Å²) in [7, 11) is 1.62. The molecule has 5 rings (SSSR count). The minimum atomic E-state index is -0.717. The molecule has 2 aliphatic carbocycles. The van der Waals surface area contributed by atoms with E-state index in [9.17, 15) is 14.7 Å². The summed E-state index contributed by atoms with van der Waals surface area (Å²) in [5.74, 6) is 1.39. The molecule has 2 heterocycles. The molecule has 0 spiro atoms. The molecule has 1 saturated heterocycles. The third-order valence-electron chi connectivity index (χ3n) is 7.11. The highest BCUT2D eigenvalue weighted by Gasteiger charge is 2.25. The molecule has 11 heteroatoms. The van der Waals surface area contributed by atoms with E-state index in [2.05, 4.69) is 33.4 Å². The van der Waals surface area contributed by atoms with Crippen molar-refractivity contribution in [2.45, 2.75) is 25.5 Å². The van der Waals surface area contributed by atoms with Gasteiger partial charge in [0, 0.05) is 51.4 Å². The fourth-order valence-electron chi connectivity index (χ4n) is 4.88. The summed E-state index contributed by atoms with van der Waals surface area (Å²) in [4.78, 5) is 36.7. The van der Waals surface area contributed by atoms with Gasteiger partial charge >= 0.3 is 11.8 Å². The topological polar surface area (TPSA) is 121 Å². The number of imidazole rings is 1. The molecular formula is C29H35N5O6. The average molecular weight is 550 g/mol.